The summed E-state index contributed by atoms with van der Waals surface area (Å²) in [5, 5.41) is 2.91. The van der Waals surface area contributed by atoms with E-state index in [0.717, 1.165) is 29.0 Å². The van der Waals surface area contributed by atoms with Crippen molar-refractivity contribution in [2.75, 3.05) is 16.8 Å². The molecular weight excluding hydrogens is 336 g/mol. The smallest absolute Gasteiger partial charge is 0.275 e. The number of anilines is 3. The second-order valence-electron chi connectivity index (χ2n) is 6.54. The highest BCUT2D eigenvalue weighted by molar-refractivity contribution is 6.03. The van der Waals surface area contributed by atoms with Crippen molar-refractivity contribution in [3.63, 3.8) is 0 Å². The van der Waals surface area contributed by atoms with Gasteiger partial charge in [-0.1, -0.05) is 24.3 Å². The van der Waals surface area contributed by atoms with E-state index in [2.05, 4.69) is 46.2 Å². The SMILES string of the molecule is CCN(c1cccc(C)c1)c1cnc(C(=O)Nc2cccc(C)c2C)cn1. The maximum absolute atomic E-state index is 12.5. The molecule has 0 saturated heterocycles. The van der Waals surface area contributed by atoms with Crippen LogP contribution in [0.3, 0.4) is 0 Å². The molecule has 5 nitrogen and oxygen atoms in total. The highest BCUT2D eigenvalue weighted by Gasteiger charge is 2.13. The molecule has 1 N–H and O–H groups in total. The Morgan fingerprint density at radius 1 is 1.04 bits per heavy atom. The maximum Gasteiger partial charge on any atom is 0.275 e. The van der Waals surface area contributed by atoms with Gasteiger partial charge in [-0.15, -0.1) is 0 Å². The summed E-state index contributed by atoms with van der Waals surface area (Å²) in [7, 11) is 0. The molecular formula is C22H24N4O. The zero-order valence-electron chi connectivity index (χ0n) is 16.2. The van der Waals surface area contributed by atoms with E-state index in [1.54, 1.807) is 6.20 Å². The van der Waals surface area contributed by atoms with Crippen LogP contribution in [0.15, 0.2) is 54.9 Å². The van der Waals surface area contributed by atoms with Gasteiger partial charge in [-0.25, -0.2) is 9.97 Å². The first-order chi connectivity index (χ1) is 13.0. The first kappa shape index (κ1) is 18.6. The quantitative estimate of drug-likeness (QED) is 0.709. The molecule has 2 aromatic carbocycles. The fraction of sp³-hybridized carbons (Fsp3) is 0.227. The molecule has 0 fully saturated rings. The number of carbonyl (C=O) groups excluding carboxylic acids is 1. The second kappa shape index (κ2) is 7.99. The Hall–Kier alpha value is -3.21. The topological polar surface area (TPSA) is 58.1 Å². The van der Waals surface area contributed by atoms with E-state index in [4.69, 9.17) is 0 Å². The summed E-state index contributed by atoms with van der Waals surface area (Å²) in [5.41, 5.74) is 5.50. The Morgan fingerprint density at radius 3 is 2.48 bits per heavy atom. The van der Waals surface area contributed by atoms with Gasteiger partial charge in [0.1, 0.15) is 5.69 Å². The van der Waals surface area contributed by atoms with Crippen LogP contribution in [0.5, 0.6) is 0 Å². The lowest BCUT2D eigenvalue weighted by atomic mass is 10.1. The van der Waals surface area contributed by atoms with Gasteiger partial charge < -0.3 is 10.2 Å². The van der Waals surface area contributed by atoms with Crippen LogP contribution in [0.2, 0.25) is 0 Å². The fourth-order valence-electron chi connectivity index (χ4n) is 2.92. The normalized spacial score (nSPS) is 10.5. The first-order valence-corrected chi connectivity index (χ1v) is 9.03. The summed E-state index contributed by atoms with van der Waals surface area (Å²) in [5.74, 6) is 0.452. The molecule has 0 aliphatic carbocycles. The third-order valence-electron chi connectivity index (χ3n) is 4.63. The molecule has 5 heteroatoms. The number of nitrogens with one attached hydrogen (secondary N) is 1. The number of amides is 1. The summed E-state index contributed by atoms with van der Waals surface area (Å²) in [6, 6.07) is 14.1. The molecule has 138 valence electrons. The predicted octanol–water partition coefficient (Wildman–Crippen LogP) is 4.81. The molecule has 3 rings (SSSR count). The van der Waals surface area contributed by atoms with E-state index in [-0.39, 0.29) is 5.91 Å². The second-order valence-corrected chi connectivity index (χ2v) is 6.54. The van der Waals surface area contributed by atoms with Crippen molar-refractivity contribution in [3.8, 4) is 0 Å². The van der Waals surface area contributed by atoms with Crippen molar-refractivity contribution in [3.05, 3.63) is 77.2 Å². The number of hydrogen-bond donors (Lipinski definition) is 1. The minimum absolute atomic E-state index is 0.263. The summed E-state index contributed by atoms with van der Waals surface area (Å²) in [6.45, 7) is 8.88. The Bertz CT molecular complexity index is 951. The van der Waals surface area contributed by atoms with Gasteiger partial charge in [0.2, 0.25) is 0 Å². The van der Waals surface area contributed by atoms with Crippen molar-refractivity contribution in [2.24, 2.45) is 0 Å². The average Bonchev–Trinajstić information content (AvgIpc) is 2.67. The molecule has 0 aliphatic rings. The minimum atomic E-state index is -0.263. The molecule has 0 saturated carbocycles. The monoisotopic (exact) mass is 360 g/mol. The number of aryl methyl sites for hydroxylation is 2. The van der Waals surface area contributed by atoms with Gasteiger partial charge >= 0.3 is 0 Å². The van der Waals surface area contributed by atoms with Gasteiger partial charge in [0.25, 0.3) is 5.91 Å². The molecule has 1 amide bonds. The third kappa shape index (κ3) is 4.14. The predicted molar refractivity (Wildman–Crippen MR) is 110 cm³/mol. The summed E-state index contributed by atoms with van der Waals surface area (Å²) in [6.07, 6.45) is 3.16. The van der Waals surface area contributed by atoms with E-state index >= 15 is 0 Å². The molecule has 1 heterocycles. The Labute approximate surface area is 160 Å². The molecule has 0 unspecified atom stereocenters. The van der Waals surface area contributed by atoms with Crippen molar-refractivity contribution in [2.45, 2.75) is 27.7 Å². The minimum Gasteiger partial charge on any atom is -0.325 e. The lowest BCUT2D eigenvalue weighted by Crippen LogP contribution is -2.19. The van der Waals surface area contributed by atoms with Crippen molar-refractivity contribution in [1.82, 2.24) is 9.97 Å². The van der Waals surface area contributed by atoms with Crippen LogP contribution < -0.4 is 10.2 Å². The first-order valence-electron chi connectivity index (χ1n) is 9.03. The molecule has 1 aromatic heterocycles. The van der Waals surface area contributed by atoms with Gasteiger partial charge in [0.15, 0.2) is 5.82 Å². The van der Waals surface area contributed by atoms with Gasteiger partial charge in [-0.3, -0.25) is 4.79 Å². The highest BCUT2D eigenvalue weighted by atomic mass is 16.1. The largest absolute Gasteiger partial charge is 0.325 e. The fourth-order valence-corrected chi connectivity index (χ4v) is 2.92. The number of rotatable bonds is 5. The number of aromatic nitrogens is 2. The van der Waals surface area contributed by atoms with Crippen LogP contribution in [-0.2, 0) is 0 Å². The number of nitrogens with zero attached hydrogens (tertiary/aromatic N) is 3. The number of hydrogen-bond acceptors (Lipinski definition) is 4. The van der Waals surface area contributed by atoms with Crippen molar-refractivity contribution >= 4 is 23.1 Å². The summed E-state index contributed by atoms with van der Waals surface area (Å²) >= 11 is 0. The van der Waals surface area contributed by atoms with E-state index in [0.29, 0.717) is 11.5 Å². The standard InChI is InChI=1S/C22H24N4O/c1-5-26(18-10-6-8-15(2)12-18)21-14-23-20(13-24-21)22(27)25-19-11-7-9-16(3)17(19)4/h6-14H,5H2,1-4H3,(H,25,27). The lowest BCUT2D eigenvalue weighted by Gasteiger charge is -2.22. The highest BCUT2D eigenvalue weighted by Crippen LogP contribution is 2.24. The van der Waals surface area contributed by atoms with Crippen LogP contribution in [0, 0.1) is 20.8 Å². The van der Waals surface area contributed by atoms with Gasteiger partial charge in [0, 0.05) is 17.9 Å². The van der Waals surface area contributed by atoms with Crippen molar-refractivity contribution < 1.29 is 4.79 Å². The average molecular weight is 360 g/mol. The van der Waals surface area contributed by atoms with E-state index in [1.165, 1.54) is 11.8 Å². The van der Waals surface area contributed by atoms with Crippen LogP contribution >= 0.6 is 0 Å². The number of carbonyl (C=O) groups is 1. The molecule has 0 aliphatic heterocycles. The van der Waals surface area contributed by atoms with Crippen LogP contribution in [-0.4, -0.2) is 22.4 Å². The van der Waals surface area contributed by atoms with Crippen LogP contribution in [0.4, 0.5) is 17.2 Å². The Balaban J connectivity index is 1.80. The Kier molecular flexibility index (Phi) is 5.50. The van der Waals surface area contributed by atoms with E-state index in [1.807, 2.05) is 44.2 Å². The Morgan fingerprint density at radius 2 is 1.81 bits per heavy atom. The molecule has 0 radical (unpaired) electrons. The van der Waals surface area contributed by atoms with Gasteiger partial charge in [-0.05, 0) is 62.6 Å². The molecule has 0 spiro atoms. The maximum atomic E-state index is 12.5. The van der Waals surface area contributed by atoms with Crippen LogP contribution in [0.1, 0.15) is 34.1 Å². The van der Waals surface area contributed by atoms with Crippen LogP contribution in [0.25, 0.3) is 0 Å². The molecule has 27 heavy (non-hydrogen) atoms. The van der Waals surface area contributed by atoms with E-state index < -0.39 is 0 Å². The van der Waals surface area contributed by atoms with Gasteiger partial charge in [-0.2, -0.15) is 0 Å². The zero-order chi connectivity index (χ0) is 19.4. The van der Waals surface area contributed by atoms with Gasteiger partial charge in [0.05, 0.1) is 12.4 Å². The van der Waals surface area contributed by atoms with Crippen molar-refractivity contribution in [1.29, 1.82) is 0 Å². The molecule has 3 aromatic rings. The third-order valence-corrected chi connectivity index (χ3v) is 4.63. The summed E-state index contributed by atoms with van der Waals surface area (Å²) in [4.78, 5) is 23.4. The zero-order valence-corrected chi connectivity index (χ0v) is 16.2. The molecule has 0 bridgehead atoms. The lowest BCUT2D eigenvalue weighted by molar-refractivity contribution is 0.102. The molecule has 0 atom stereocenters. The number of benzene rings is 2. The summed E-state index contributed by atoms with van der Waals surface area (Å²) < 4.78 is 0. The van der Waals surface area contributed by atoms with E-state index in [9.17, 15) is 4.79 Å².